The van der Waals surface area contributed by atoms with Crippen molar-refractivity contribution < 1.29 is 18.7 Å². The molecule has 1 fully saturated rings. The second-order valence-corrected chi connectivity index (χ2v) is 5.73. The number of nitrogens with one attached hydrogen (secondary N) is 1. The van der Waals surface area contributed by atoms with Gasteiger partial charge in [-0.2, -0.15) is 0 Å². The van der Waals surface area contributed by atoms with Crippen LogP contribution in [0.1, 0.15) is 23.4 Å². The summed E-state index contributed by atoms with van der Waals surface area (Å²) in [5.74, 6) is -0.563. The molecule has 126 valence electrons. The SMILES string of the molecule is COC(=O)C1(N(C(=O)c2ccco2)c2ccccc2)CCNCC1. The largest absolute Gasteiger partial charge is 0.467 e. The number of esters is 1. The number of rotatable bonds is 4. The second-order valence-electron chi connectivity index (χ2n) is 5.73. The summed E-state index contributed by atoms with van der Waals surface area (Å²) in [5, 5.41) is 3.23. The van der Waals surface area contributed by atoms with E-state index < -0.39 is 11.5 Å². The first-order valence-electron chi connectivity index (χ1n) is 7.91. The van der Waals surface area contributed by atoms with Gasteiger partial charge in [0.25, 0.3) is 5.91 Å². The summed E-state index contributed by atoms with van der Waals surface area (Å²) >= 11 is 0. The minimum absolute atomic E-state index is 0.195. The van der Waals surface area contributed by atoms with E-state index in [2.05, 4.69) is 5.32 Å². The summed E-state index contributed by atoms with van der Waals surface area (Å²) in [5.41, 5.74) is -0.406. The van der Waals surface area contributed by atoms with Gasteiger partial charge in [0.05, 0.1) is 13.4 Å². The molecule has 2 aromatic rings. The predicted molar refractivity (Wildman–Crippen MR) is 88.8 cm³/mol. The molecule has 1 aliphatic heterocycles. The highest BCUT2D eigenvalue weighted by molar-refractivity contribution is 6.09. The summed E-state index contributed by atoms with van der Waals surface area (Å²) in [6.45, 7) is 1.26. The molecule has 1 N–H and O–H groups in total. The molecule has 0 spiro atoms. The lowest BCUT2D eigenvalue weighted by atomic mass is 9.85. The average Bonchev–Trinajstić information content (AvgIpc) is 3.17. The maximum absolute atomic E-state index is 13.1. The van der Waals surface area contributed by atoms with Crippen molar-refractivity contribution in [3.05, 3.63) is 54.5 Å². The zero-order valence-electron chi connectivity index (χ0n) is 13.5. The van der Waals surface area contributed by atoms with E-state index in [9.17, 15) is 9.59 Å². The van der Waals surface area contributed by atoms with E-state index in [0.29, 0.717) is 31.6 Å². The fraction of sp³-hybridized carbons (Fsp3) is 0.333. The quantitative estimate of drug-likeness (QED) is 0.872. The number of carbonyl (C=O) groups is 2. The third kappa shape index (κ3) is 2.80. The van der Waals surface area contributed by atoms with Gasteiger partial charge in [0.1, 0.15) is 5.54 Å². The van der Waals surface area contributed by atoms with E-state index in [1.807, 2.05) is 30.3 Å². The molecule has 1 aliphatic rings. The molecule has 3 rings (SSSR count). The number of amides is 1. The van der Waals surface area contributed by atoms with Gasteiger partial charge in [-0.15, -0.1) is 0 Å². The minimum atomic E-state index is -1.05. The predicted octanol–water partition coefficient (Wildman–Crippen LogP) is 2.22. The molecular weight excluding hydrogens is 308 g/mol. The van der Waals surface area contributed by atoms with Gasteiger partial charge >= 0.3 is 5.97 Å². The third-order valence-corrected chi connectivity index (χ3v) is 4.37. The van der Waals surface area contributed by atoms with Crippen LogP contribution in [0, 0.1) is 0 Å². The fourth-order valence-corrected chi connectivity index (χ4v) is 3.20. The molecule has 1 amide bonds. The normalized spacial score (nSPS) is 16.4. The molecular formula is C18H20N2O4. The molecule has 6 nitrogen and oxygen atoms in total. The minimum Gasteiger partial charge on any atom is -0.467 e. The van der Waals surface area contributed by atoms with Crippen LogP contribution >= 0.6 is 0 Å². The van der Waals surface area contributed by atoms with Crippen LogP contribution in [0.3, 0.4) is 0 Å². The summed E-state index contributed by atoms with van der Waals surface area (Å²) in [7, 11) is 1.35. The molecule has 0 unspecified atom stereocenters. The lowest BCUT2D eigenvalue weighted by Crippen LogP contribution is -2.62. The summed E-state index contributed by atoms with van der Waals surface area (Å²) in [6.07, 6.45) is 2.39. The number of carbonyl (C=O) groups excluding carboxylic acids is 2. The van der Waals surface area contributed by atoms with Crippen molar-refractivity contribution >= 4 is 17.6 Å². The van der Waals surface area contributed by atoms with Crippen LogP contribution in [-0.4, -0.2) is 37.6 Å². The maximum atomic E-state index is 13.1. The van der Waals surface area contributed by atoms with Crippen molar-refractivity contribution in [2.75, 3.05) is 25.1 Å². The lowest BCUT2D eigenvalue weighted by molar-refractivity contribution is -0.148. The van der Waals surface area contributed by atoms with Crippen molar-refractivity contribution in [3.63, 3.8) is 0 Å². The zero-order valence-corrected chi connectivity index (χ0v) is 13.5. The highest BCUT2D eigenvalue weighted by Gasteiger charge is 2.49. The number of hydrogen-bond acceptors (Lipinski definition) is 5. The monoisotopic (exact) mass is 328 g/mol. The Morgan fingerprint density at radius 3 is 2.42 bits per heavy atom. The van der Waals surface area contributed by atoms with Crippen molar-refractivity contribution in [2.24, 2.45) is 0 Å². The van der Waals surface area contributed by atoms with Gasteiger partial charge in [-0.05, 0) is 50.2 Å². The number of benzene rings is 1. The molecule has 0 bridgehead atoms. The van der Waals surface area contributed by atoms with E-state index in [-0.39, 0.29) is 11.7 Å². The first-order chi connectivity index (χ1) is 11.7. The number of para-hydroxylation sites is 1. The number of furan rings is 1. The van der Waals surface area contributed by atoms with Gasteiger partial charge in [0.15, 0.2) is 5.76 Å². The Hall–Kier alpha value is -2.60. The van der Waals surface area contributed by atoms with Gasteiger partial charge in [-0.3, -0.25) is 9.69 Å². The molecule has 0 radical (unpaired) electrons. The van der Waals surface area contributed by atoms with Crippen LogP contribution in [0.5, 0.6) is 0 Å². The average molecular weight is 328 g/mol. The Morgan fingerprint density at radius 2 is 1.83 bits per heavy atom. The molecule has 0 aliphatic carbocycles. The second kappa shape index (κ2) is 6.88. The van der Waals surface area contributed by atoms with Crippen LogP contribution in [0.15, 0.2) is 53.1 Å². The van der Waals surface area contributed by atoms with Crippen LogP contribution in [-0.2, 0) is 9.53 Å². The maximum Gasteiger partial charge on any atom is 0.332 e. The highest BCUT2D eigenvalue weighted by atomic mass is 16.5. The molecule has 24 heavy (non-hydrogen) atoms. The molecule has 0 atom stereocenters. The molecule has 1 aromatic heterocycles. The van der Waals surface area contributed by atoms with Gasteiger partial charge < -0.3 is 14.5 Å². The Bertz CT molecular complexity index is 691. The van der Waals surface area contributed by atoms with Crippen LogP contribution in [0.2, 0.25) is 0 Å². The highest BCUT2D eigenvalue weighted by Crippen LogP contribution is 2.34. The van der Waals surface area contributed by atoms with E-state index in [1.54, 1.807) is 12.1 Å². The van der Waals surface area contributed by atoms with Crippen molar-refractivity contribution in [1.82, 2.24) is 5.32 Å². The molecule has 2 heterocycles. The Labute approximate surface area is 140 Å². The van der Waals surface area contributed by atoms with Crippen molar-refractivity contribution in [3.8, 4) is 0 Å². The topological polar surface area (TPSA) is 71.8 Å². The third-order valence-electron chi connectivity index (χ3n) is 4.37. The van der Waals surface area contributed by atoms with Gasteiger partial charge in [-0.25, -0.2) is 4.79 Å². The smallest absolute Gasteiger partial charge is 0.332 e. The van der Waals surface area contributed by atoms with Crippen LogP contribution in [0.4, 0.5) is 5.69 Å². The van der Waals surface area contributed by atoms with Crippen LogP contribution in [0.25, 0.3) is 0 Å². The Morgan fingerprint density at radius 1 is 1.12 bits per heavy atom. The number of nitrogens with zero attached hydrogens (tertiary/aromatic N) is 1. The van der Waals surface area contributed by atoms with E-state index in [0.717, 1.165) is 0 Å². The number of anilines is 1. The fourth-order valence-electron chi connectivity index (χ4n) is 3.20. The molecule has 1 saturated heterocycles. The number of piperidine rings is 1. The zero-order chi connectivity index (χ0) is 17.0. The first kappa shape index (κ1) is 16.3. The first-order valence-corrected chi connectivity index (χ1v) is 7.91. The van der Waals surface area contributed by atoms with E-state index in [4.69, 9.17) is 9.15 Å². The molecule has 1 aromatic carbocycles. The Kier molecular flexibility index (Phi) is 4.66. The summed E-state index contributed by atoms with van der Waals surface area (Å²) < 4.78 is 10.4. The molecule has 6 heteroatoms. The summed E-state index contributed by atoms with van der Waals surface area (Å²) in [6, 6.07) is 12.4. The number of methoxy groups -OCH3 is 1. The van der Waals surface area contributed by atoms with Gasteiger partial charge in [0, 0.05) is 5.69 Å². The number of ether oxygens (including phenoxy) is 1. The van der Waals surface area contributed by atoms with Gasteiger partial charge in [0.2, 0.25) is 0 Å². The Balaban J connectivity index is 2.12. The van der Waals surface area contributed by atoms with E-state index >= 15 is 0 Å². The van der Waals surface area contributed by atoms with Gasteiger partial charge in [-0.1, -0.05) is 18.2 Å². The molecule has 0 saturated carbocycles. The van der Waals surface area contributed by atoms with Crippen molar-refractivity contribution in [1.29, 1.82) is 0 Å². The standard InChI is InChI=1S/C18H20N2O4/c1-23-17(22)18(9-11-19-12-10-18)20(14-6-3-2-4-7-14)16(21)15-8-5-13-24-15/h2-8,13,19H,9-12H2,1H3. The van der Waals surface area contributed by atoms with Crippen LogP contribution < -0.4 is 10.2 Å². The van der Waals surface area contributed by atoms with Crippen molar-refractivity contribution in [2.45, 2.75) is 18.4 Å². The summed E-state index contributed by atoms with van der Waals surface area (Å²) in [4.78, 5) is 27.4. The number of hydrogen-bond donors (Lipinski definition) is 1. The lowest BCUT2D eigenvalue weighted by Gasteiger charge is -2.43. The van der Waals surface area contributed by atoms with E-state index in [1.165, 1.54) is 18.3 Å².